The van der Waals surface area contributed by atoms with E-state index in [1.165, 1.54) is 0 Å². The molecule has 0 saturated carbocycles. The van der Waals surface area contributed by atoms with Gasteiger partial charge in [0.05, 0.1) is 10.0 Å². The summed E-state index contributed by atoms with van der Waals surface area (Å²) in [4.78, 5) is 11.8. The molecule has 1 aliphatic rings. The minimum Gasteiger partial charge on any atom is -0.381 e. The summed E-state index contributed by atoms with van der Waals surface area (Å²) in [6.07, 6.45) is 3.56. The zero-order valence-corrected chi connectivity index (χ0v) is 12.1. The summed E-state index contributed by atoms with van der Waals surface area (Å²) in [5.41, 5.74) is 0.686. The van der Waals surface area contributed by atoms with Gasteiger partial charge in [0.2, 0.25) is 5.91 Å². The number of rotatable bonds is 4. The number of amides is 1. The normalized spacial score (nSPS) is 16.3. The Morgan fingerprint density at radius 3 is 2.68 bits per heavy atom. The molecule has 0 aliphatic carbocycles. The fraction of sp³-hybridized carbons (Fsp3) is 0.500. The van der Waals surface area contributed by atoms with Crippen LogP contribution in [-0.4, -0.2) is 19.1 Å². The summed E-state index contributed by atoms with van der Waals surface area (Å²) in [5.74, 6) is 0.623. The number of hydrogen-bond acceptors (Lipinski definition) is 2. The second-order valence-corrected chi connectivity index (χ2v) is 5.59. The minimum absolute atomic E-state index is 0.0184. The number of hydrogen-bond donors (Lipinski definition) is 1. The minimum atomic E-state index is 0.0184. The van der Waals surface area contributed by atoms with Crippen molar-refractivity contribution in [3.63, 3.8) is 0 Å². The summed E-state index contributed by atoms with van der Waals surface area (Å²) in [6.45, 7) is 1.64. The lowest BCUT2D eigenvalue weighted by molar-refractivity contribution is -0.116. The van der Waals surface area contributed by atoms with E-state index in [1.807, 2.05) is 0 Å². The smallest absolute Gasteiger partial charge is 0.224 e. The zero-order valence-electron chi connectivity index (χ0n) is 10.6. The molecule has 0 bridgehead atoms. The van der Waals surface area contributed by atoms with E-state index in [2.05, 4.69) is 5.32 Å². The van der Waals surface area contributed by atoms with Crippen LogP contribution in [0.1, 0.15) is 25.7 Å². The van der Waals surface area contributed by atoms with E-state index in [0.717, 1.165) is 32.5 Å². The molecular weight excluding hydrogens is 285 g/mol. The first kappa shape index (κ1) is 14.6. The summed E-state index contributed by atoms with van der Waals surface area (Å²) in [7, 11) is 0. The first-order valence-corrected chi connectivity index (χ1v) is 7.23. The first-order chi connectivity index (χ1) is 9.15. The second kappa shape index (κ2) is 7.13. The maximum atomic E-state index is 11.8. The molecule has 1 aromatic carbocycles. The van der Waals surface area contributed by atoms with Gasteiger partial charge in [-0.3, -0.25) is 4.79 Å². The third-order valence-electron chi connectivity index (χ3n) is 3.32. The predicted molar refractivity (Wildman–Crippen MR) is 77.9 cm³/mol. The van der Waals surface area contributed by atoms with Gasteiger partial charge in [0.15, 0.2) is 0 Å². The van der Waals surface area contributed by atoms with Gasteiger partial charge in [-0.2, -0.15) is 0 Å². The highest BCUT2D eigenvalue weighted by molar-refractivity contribution is 6.42. The van der Waals surface area contributed by atoms with Crippen LogP contribution in [0.25, 0.3) is 0 Å². The molecule has 0 unspecified atom stereocenters. The zero-order chi connectivity index (χ0) is 13.7. The average Bonchev–Trinajstić information content (AvgIpc) is 2.42. The van der Waals surface area contributed by atoms with Gasteiger partial charge in [0, 0.05) is 25.3 Å². The molecule has 0 radical (unpaired) electrons. The highest BCUT2D eigenvalue weighted by atomic mass is 35.5. The van der Waals surface area contributed by atoms with E-state index in [4.69, 9.17) is 27.9 Å². The largest absolute Gasteiger partial charge is 0.381 e. The molecular formula is C14H17Cl2NO2. The molecule has 1 aromatic rings. The Labute approximate surface area is 123 Å². The van der Waals surface area contributed by atoms with E-state index in [-0.39, 0.29) is 5.91 Å². The Kier molecular flexibility index (Phi) is 5.49. The number of nitrogens with one attached hydrogen (secondary N) is 1. The van der Waals surface area contributed by atoms with Crippen LogP contribution >= 0.6 is 23.2 Å². The fourth-order valence-electron chi connectivity index (χ4n) is 2.17. The second-order valence-electron chi connectivity index (χ2n) is 4.77. The number of benzene rings is 1. The molecule has 1 heterocycles. The van der Waals surface area contributed by atoms with Crippen molar-refractivity contribution in [1.29, 1.82) is 0 Å². The third kappa shape index (κ3) is 4.68. The van der Waals surface area contributed by atoms with Crippen LogP contribution in [0.15, 0.2) is 18.2 Å². The van der Waals surface area contributed by atoms with Crippen molar-refractivity contribution in [3.8, 4) is 0 Å². The summed E-state index contributed by atoms with van der Waals surface area (Å²) < 4.78 is 5.30. The van der Waals surface area contributed by atoms with Crippen LogP contribution in [0.3, 0.4) is 0 Å². The monoisotopic (exact) mass is 301 g/mol. The number of carbonyl (C=O) groups excluding carboxylic acids is 1. The molecule has 19 heavy (non-hydrogen) atoms. The molecule has 3 nitrogen and oxygen atoms in total. The van der Waals surface area contributed by atoms with Gasteiger partial charge in [0.25, 0.3) is 0 Å². The van der Waals surface area contributed by atoms with Crippen molar-refractivity contribution >= 4 is 34.8 Å². The molecule has 5 heteroatoms. The van der Waals surface area contributed by atoms with Crippen LogP contribution in [0.5, 0.6) is 0 Å². The maximum absolute atomic E-state index is 11.8. The molecule has 0 atom stereocenters. The van der Waals surface area contributed by atoms with Crippen LogP contribution in [0.2, 0.25) is 10.0 Å². The number of halogens is 2. The Morgan fingerprint density at radius 2 is 2.00 bits per heavy atom. The maximum Gasteiger partial charge on any atom is 0.224 e. The van der Waals surface area contributed by atoms with Gasteiger partial charge in [-0.1, -0.05) is 23.2 Å². The molecule has 1 amide bonds. The Bertz CT molecular complexity index is 445. The van der Waals surface area contributed by atoms with E-state index < -0.39 is 0 Å². The Balaban J connectivity index is 1.78. The summed E-state index contributed by atoms with van der Waals surface area (Å²) in [5, 5.41) is 3.77. The van der Waals surface area contributed by atoms with E-state index >= 15 is 0 Å². The third-order valence-corrected chi connectivity index (χ3v) is 4.06. The SMILES string of the molecule is O=C(CCC1CCOCC1)Nc1ccc(Cl)c(Cl)c1. The first-order valence-electron chi connectivity index (χ1n) is 6.48. The Morgan fingerprint density at radius 1 is 1.26 bits per heavy atom. The highest BCUT2D eigenvalue weighted by Crippen LogP contribution is 2.25. The van der Waals surface area contributed by atoms with Gasteiger partial charge in [-0.05, 0) is 43.4 Å². The lowest BCUT2D eigenvalue weighted by atomic mass is 9.95. The van der Waals surface area contributed by atoms with Gasteiger partial charge in [0.1, 0.15) is 0 Å². The molecule has 1 saturated heterocycles. The molecule has 0 spiro atoms. The van der Waals surface area contributed by atoms with Crippen molar-refractivity contribution in [2.45, 2.75) is 25.7 Å². The average molecular weight is 302 g/mol. The van der Waals surface area contributed by atoms with Crippen LogP contribution in [-0.2, 0) is 9.53 Å². The molecule has 1 N–H and O–H groups in total. The number of anilines is 1. The van der Waals surface area contributed by atoms with E-state index in [9.17, 15) is 4.79 Å². The standard InChI is InChI=1S/C14H17Cl2NO2/c15-12-3-2-11(9-13(12)16)17-14(18)4-1-10-5-7-19-8-6-10/h2-3,9-10H,1,4-8H2,(H,17,18). The Hall–Kier alpha value is -0.770. The van der Waals surface area contributed by atoms with Crippen molar-refractivity contribution in [1.82, 2.24) is 0 Å². The van der Waals surface area contributed by atoms with Crippen LogP contribution in [0.4, 0.5) is 5.69 Å². The summed E-state index contributed by atoms with van der Waals surface area (Å²) >= 11 is 11.7. The summed E-state index contributed by atoms with van der Waals surface area (Å²) in [6, 6.07) is 5.09. The van der Waals surface area contributed by atoms with Gasteiger partial charge in [-0.25, -0.2) is 0 Å². The number of carbonyl (C=O) groups is 1. The quantitative estimate of drug-likeness (QED) is 0.907. The lowest BCUT2D eigenvalue weighted by Gasteiger charge is -2.21. The highest BCUT2D eigenvalue weighted by Gasteiger charge is 2.15. The predicted octanol–water partition coefficient (Wildman–Crippen LogP) is 4.14. The van der Waals surface area contributed by atoms with E-state index in [1.54, 1.807) is 18.2 Å². The number of ether oxygens (including phenoxy) is 1. The van der Waals surface area contributed by atoms with Gasteiger partial charge in [-0.15, -0.1) is 0 Å². The lowest BCUT2D eigenvalue weighted by Crippen LogP contribution is -2.18. The molecule has 0 aromatic heterocycles. The van der Waals surface area contributed by atoms with Crippen molar-refractivity contribution in [2.24, 2.45) is 5.92 Å². The molecule has 1 aliphatic heterocycles. The van der Waals surface area contributed by atoms with Crippen LogP contribution < -0.4 is 5.32 Å². The molecule has 104 valence electrons. The molecule has 2 rings (SSSR count). The molecule has 1 fully saturated rings. The van der Waals surface area contributed by atoms with Crippen LogP contribution in [0, 0.1) is 5.92 Å². The van der Waals surface area contributed by atoms with E-state index in [0.29, 0.717) is 28.1 Å². The topological polar surface area (TPSA) is 38.3 Å². The van der Waals surface area contributed by atoms with Crippen molar-refractivity contribution in [2.75, 3.05) is 18.5 Å². The van der Waals surface area contributed by atoms with Gasteiger partial charge >= 0.3 is 0 Å². The van der Waals surface area contributed by atoms with Crippen molar-refractivity contribution in [3.05, 3.63) is 28.2 Å². The van der Waals surface area contributed by atoms with Crippen molar-refractivity contribution < 1.29 is 9.53 Å². The van der Waals surface area contributed by atoms with Gasteiger partial charge < -0.3 is 10.1 Å². The fourth-order valence-corrected chi connectivity index (χ4v) is 2.47.